The third-order valence-corrected chi connectivity index (χ3v) is 5.15. The highest BCUT2D eigenvalue weighted by molar-refractivity contribution is 7.89. The van der Waals surface area contributed by atoms with Gasteiger partial charge in [-0.2, -0.15) is 4.31 Å². The van der Waals surface area contributed by atoms with Crippen LogP contribution in [0.5, 0.6) is 0 Å². The van der Waals surface area contributed by atoms with Crippen LogP contribution in [0.4, 0.5) is 10.1 Å². The number of sulfonamides is 1. The molecule has 1 heterocycles. The minimum absolute atomic E-state index is 0.0200. The van der Waals surface area contributed by atoms with Crippen molar-refractivity contribution in [3.63, 3.8) is 0 Å². The number of β-amino-alcohol motifs (C(OH)–C–C–N with tert-alkyl or cyclic N) is 1. The van der Waals surface area contributed by atoms with Crippen LogP contribution in [0.15, 0.2) is 23.1 Å². The topological polar surface area (TPSA) is 83.6 Å². The molecule has 0 saturated carbocycles. The second-order valence-electron chi connectivity index (χ2n) is 5.12. The summed E-state index contributed by atoms with van der Waals surface area (Å²) in [5.41, 5.74) is 4.41. The molecule has 106 valence electrons. The summed E-state index contributed by atoms with van der Waals surface area (Å²) in [6.45, 7) is 1.95. The fourth-order valence-corrected chi connectivity index (χ4v) is 3.97. The molecule has 0 amide bonds. The lowest BCUT2D eigenvalue weighted by atomic mass is 9.97. The van der Waals surface area contributed by atoms with Gasteiger partial charge >= 0.3 is 0 Å². The molecule has 1 saturated heterocycles. The van der Waals surface area contributed by atoms with Gasteiger partial charge in [-0.25, -0.2) is 12.8 Å². The number of hydrogen-bond acceptors (Lipinski definition) is 4. The van der Waals surface area contributed by atoms with Crippen LogP contribution < -0.4 is 5.73 Å². The van der Waals surface area contributed by atoms with E-state index in [4.69, 9.17) is 5.73 Å². The smallest absolute Gasteiger partial charge is 0.245 e. The van der Waals surface area contributed by atoms with Gasteiger partial charge in [0.2, 0.25) is 10.0 Å². The fraction of sp³-hybridized carbons (Fsp3) is 0.500. The van der Waals surface area contributed by atoms with Crippen molar-refractivity contribution in [2.75, 3.05) is 18.8 Å². The predicted molar refractivity (Wildman–Crippen MR) is 69.4 cm³/mol. The van der Waals surface area contributed by atoms with Gasteiger partial charge in [0.25, 0.3) is 0 Å². The molecule has 0 radical (unpaired) electrons. The Kier molecular flexibility index (Phi) is 3.55. The lowest BCUT2D eigenvalue weighted by Crippen LogP contribution is -2.48. The number of hydrogen-bond donors (Lipinski definition) is 2. The lowest BCUT2D eigenvalue weighted by molar-refractivity contribution is 0.00941. The van der Waals surface area contributed by atoms with Crippen LogP contribution in [0.3, 0.4) is 0 Å². The Bertz CT molecular complexity index is 587. The first-order chi connectivity index (χ1) is 8.72. The molecule has 7 heteroatoms. The molecule has 0 aliphatic carbocycles. The first-order valence-corrected chi connectivity index (χ1v) is 7.44. The Labute approximate surface area is 111 Å². The van der Waals surface area contributed by atoms with Gasteiger partial charge in [-0.1, -0.05) is 0 Å². The monoisotopic (exact) mass is 288 g/mol. The van der Waals surface area contributed by atoms with E-state index in [0.29, 0.717) is 19.4 Å². The maximum Gasteiger partial charge on any atom is 0.245 e. The van der Waals surface area contributed by atoms with Crippen molar-refractivity contribution < 1.29 is 17.9 Å². The van der Waals surface area contributed by atoms with E-state index in [1.165, 1.54) is 4.31 Å². The van der Waals surface area contributed by atoms with Gasteiger partial charge in [0.05, 0.1) is 11.3 Å². The Morgan fingerprint density at radius 3 is 2.74 bits per heavy atom. The Morgan fingerprint density at radius 2 is 2.16 bits per heavy atom. The molecule has 5 nitrogen and oxygen atoms in total. The fourth-order valence-electron chi connectivity index (χ4n) is 2.27. The van der Waals surface area contributed by atoms with E-state index >= 15 is 0 Å². The molecule has 1 aliphatic heterocycles. The second-order valence-corrected chi connectivity index (χ2v) is 7.03. The molecular formula is C12H17FN2O3S. The number of rotatable bonds is 2. The zero-order valence-corrected chi connectivity index (χ0v) is 11.5. The van der Waals surface area contributed by atoms with E-state index < -0.39 is 21.4 Å². The molecule has 0 bridgehead atoms. The molecule has 3 N–H and O–H groups in total. The highest BCUT2D eigenvalue weighted by atomic mass is 32.2. The Hall–Kier alpha value is -1.18. The number of nitrogen functional groups attached to an aromatic ring is 1. The van der Waals surface area contributed by atoms with Gasteiger partial charge < -0.3 is 10.8 Å². The molecule has 19 heavy (non-hydrogen) atoms. The summed E-state index contributed by atoms with van der Waals surface area (Å²) in [5, 5.41) is 9.97. The van der Waals surface area contributed by atoms with Crippen molar-refractivity contribution in [2.24, 2.45) is 0 Å². The van der Waals surface area contributed by atoms with Gasteiger partial charge in [-0.3, -0.25) is 0 Å². The zero-order valence-electron chi connectivity index (χ0n) is 10.6. The number of aliphatic hydroxyl groups is 1. The molecule has 1 aliphatic rings. The zero-order chi connectivity index (χ0) is 14.3. The molecule has 1 fully saturated rings. The van der Waals surface area contributed by atoms with Crippen molar-refractivity contribution in [3.05, 3.63) is 24.0 Å². The maximum absolute atomic E-state index is 13.0. The van der Waals surface area contributed by atoms with Crippen LogP contribution in [0.2, 0.25) is 0 Å². The number of nitrogens with zero attached hydrogens (tertiary/aromatic N) is 1. The Balaban J connectivity index is 2.37. The highest BCUT2D eigenvalue weighted by Gasteiger charge is 2.36. The van der Waals surface area contributed by atoms with Crippen LogP contribution in [0, 0.1) is 5.82 Å². The summed E-state index contributed by atoms with van der Waals surface area (Å²) in [7, 11) is -3.80. The van der Waals surface area contributed by atoms with Crippen molar-refractivity contribution >= 4 is 15.7 Å². The average Bonchev–Trinajstić information content (AvgIpc) is 2.27. The molecule has 0 spiro atoms. The summed E-state index contributed by atoms with van der Waals surface area (Å²) in [5.74, 6) is -0.581. The first kappa shape index (κ1) is 14.2. The van der Waals surface area contributed by atoms with Crippen LogP contribution in [0.25, 0.3) is 0 Å². The van der Waals surface area contributed by atoms with Crippen molar-refractivity contribution in [2.45, 2.75) is 30.3 Å². The van der Waals surface area contributed by atoms with E-state index in [1.54, 1.807) is 6.92 Å². The van der Waals surface area contributed by atoms with E-state index in [0.717, 1.165) is 18.2 Å². The maximum atomic E-state index is 13.0. The number of piperidine rings is 1. The van der Waals surface area contributed by atoms with Gasteiger partial charge in [0.15, 0.2) is 0 Å². The number of halogens is 1. The third-order valence-electron chi connectivity index (χ3n) is 3.23. The van der Waals surface area contributed by atoms with Gasteiger partial charge in [-0.15, -0.1) is 0 Å². The van der Waals surface area contributed by atoms with Crippen molar-refractivity contribution in [3.8, 4) is 0 Å². The SMILES string of the molecule is CC1(O)CCCN(S(=O)(=O)c2ccc(F)cc2N)C1. The predicted octanol–water partition coefficient (Wildman–Crippen LogP) is 0.943. The quantitative estimate of drug-likeness (QED) is 0.793. The van der Waals surface area contributed by atoms with Crippen LogP contribution in [-0.4, -0.2) is 36.5 Å². The molecule has 1 aromatic rings. The van der Waals surface area contributed by atoms with Gasteiger partial charge in [-0.05, 0) is 38.0 Å². The van der Waals surface area contributed by atoms with Crippen molar-refractivity contribution in [1.82, 2.24) is 4.31 Å². The second kappa shape index (κ2) is 4.73. The molecule has 1 atom stereocenters. The van der Waals surface area contributed by atoms with Crippen molar-refractivity contribution in [1.29, 1.82) is 0 Å². The first-order valence-electron chi connectivity index (χ1n) is 6.00. The average molecular weight is 288 g/mol. The van der Waals surface area contributed by atoms with Gasteiger partial charge in [0.1, 0.15) is 10.7 Å². The largest absolute Gasteiger partial charge is 0.398 e. The summed E-state index contributed by atoms with van der Waals surface area (Å²) in [4.78, 5) is -0.119. The van der Waals surface area contributed by atoms with E-state index in [-0.39, 0.29) is 17.1 Å². The minimum Gasteiger partial charge on any atom is -0.398 e. The van der Waals surface area contributed by atoms with Crippen LogP contribution in [0.1, 0.15) is 19.8 Å². The normalized spacial score (nSPS) is 25.4. The standard InChI is InChI=1S/C12H17FN2O3S/c1-12(16)5-2-6-15(8-12)19(17,18)11-4-3-9(13)7-10(11)14/h3-4,7,16H,2,5-6,8,14H2,1H3. The lowest BCUT2D eigenvalue weighted by Gasteiger charge is -2.36. The third kappa shape index (κ3) is 2.88. The highest BCUT2D eigenvalue weighted by Crippen LogP contribution is 2.28. The van der Waals surface area contributed by atoms with E-state index in [2.05, 4.69) is 0 Å². The summed E-state index contributed by atoms with van der Waals surface area (Å²) in [6, 6.07) is 3.20. The summed E-state index contributed by atoms with van der Waals surface area (Å²) in [6.07, 6.45) is 1.13. The summed E-state index contributed by atoms with van der Waals surface area (Å²) >= 11 is 0. The number of nitrogens with two attached hydrogens (primary N) is 1. The van der Waals surface area contributed by atoms with Gasteiger partial charge in [0, 0.05) is 13.1 Å². The summed E-state index contributed by atoms with van der Waals surface area (Å²) < 4.78 is 39.0. The molecular weight excluding hydrogens is 271 g/mol. The molecule has 2 rings (SSSR count). The van der Waals surface area contributed by atoms with Crippen LogP contribution in [-0.2, 0) is 10.0 Å². The number of anilines is 1. The van der Waals surface area contributed by atoms with E-state index in [1.807, 2.05) is 0 Å². The number of benzene rings is 1. The van der Waals surface area contributed by atoms with E-state index in [9.17, 15) is 17.9 Å². The minimum atomic E-state index is -3.80. The molecule has 1 aromatic carbocycles. The molecule has 0 aromatic heterocycles. The van der Waals surface area contributed by atoms with Crippen LogP contribution >= 0.6 is 0 Å². The molecule has 1 unspecified atom stereocenters. The Morgan fingerprint density at radius 1 is 1.47 bits per heavy atom.